The van der Waals surface area contributed by atoms with Crippen LogP contribution in [0.25, 0.3) is 0 Å². The highest BCUT2D eigenvalue weighted by atomic mass is 16.7. The van der Waals surface area contributed by atoms with Crippen molar-refractivity contribution in [2.24, 2.45) is 0 Å². The molecule has 0 saturated heterocycles. The molecule has 2 atom stereocenters. The minimum atomic E-state index is -1.62. The number of carboxylic acids is 1. The number of esters is 2. The first-order valence-electron chi connectivity index (χ1n) is 20.8. The van der Waals surface area contributed by atoms with E-state index in [0.717, 1.165) is 51.4 Å². The van der Waals surface area contributed by atoms with Crippen molar-refractivity contribution in [1.29, 1.82) is 0 Å². The summed E-state index contributed by atoms with van der Waals surface area (Å²) >= 11 is 0. The normalized spacial score (nSPS) is 13.0. The van der Waals surface area contributed by atoms with Crippen molar-refractivity contribution >= 4 is 17.9 Å². The van der Waals surface area contributed by atoms with Gasteiger partial charge in [0.05, 0.1) is 40.3 Å². The van der Waals surface area contributed by atoms with Gasteiger partial charge in [0.15, 0.2) is 12.4 Å². The first kappa shape index (κ1) is 49.0. The summed E-state index contributed by atoms with van der Waals surface area (Å²) in [4.78, 5) is 36.8. The molecule has 9 nitrogen and oxygen atoms in total. The number of quaternary nitrogens is 1. The molecule has 0 aromatic rings. The van der Waals surface area contributed by atoms with Crippen LogP contribution in [0.3, 0.4) is 0 Å². The van der Waals surface area contributed by atoms with Gasteiger partial charge in [-0.2, -0.15) is 0 Å². The van der Waals surface area contributed by atoms with Crippen LogP contribution in [-0.4, -0.2) is 82.3 Å². The number of hydrogen-bond donors (Lipinski definition) is 0. The smallest absolute Gasteiger partial charge is 0.306 e. The number of hydrogen-bond acceptors (Lipinski definition) is 8. The highest BCUT2D eigenvalue weighted by molar-refractivity contribution is 5.70. The molecular formula is C42H79NO8. The van der Waals surface area contributed by atoms with Crippen LogP contribution in [-0.2, 0) is 33.3 Å². The molecular weight excluding hydrogens is 646 g/mol. The Morgan fingerprint density at radius 3 is 1.45 bits per heavy atom. The molecule has 300 valence electrons. The number of unbranched alkanes of at least 4 members (excludes halogenated alkanes) is 21. The number of rotatable bonds is 38. The fourth-order valence-corrected chi connectivity index (χ4v) is 5.71. The number of carboxylic acid groups (broad SMARTS) is 1. The summed E-state index contributed by atoms with van der Waals surface area (Å²) in [7, 11) is 5.90. The molecule has 0 amide bonds. The van der Waals surface area contributed by atoms with E-state index >= 15 is 0 Å². The Bertz CT molecular complexity index is 856. The zero-order valence-electron chi connectivity index (χ0n) is 33.7. The Kier molecular flexibility index (Phi) is 33.7. The largest absolute Gasteiger partial charge is 0.545 e. The van der Waals surface area contributed by atoms with Gasteiger partial charge in [0, 0.05) is 12.8 Å². The second kappa shape index (κ2) is 35.1. The Hall–Kier alpha value is -1.97. The van der Waals surface area contributed by atoms with Crippen molar-refractivity contribution in [3.05, 3.63) is 12.2 Å². The number of aliphatic carboxylic acids is 1. The lowest BCUT2D eigenvalue weighted by Crippen LogP contribution is -2.44. The van der Waals surface area contributed by atoms with Crippen LogP contribution in [0.2, 0.25) is 0 Å². The predicted molar refractivity (Wildman–Crippen MR) is 205 cm³/mol. The standard InChI is InChI=1S/C42H79NO8/c1-6-8-10-12-14-16-18-20-21-23-25-27-29-31-33-40(45)51-38(37-50-42(41(46)47)48-35-34-43(3,4)5)36-49-39(44)32-30-28-26-24-22-19-17-15-13-11-9-7-2/h18,20,38,42H,6-17,19,21-37H2,1-5H3/b20-18-. The van der Waals surface area contributed by atoms with Crippen LogP contribution < -0.4 is 5.11 Å². The van der Waals surface area contributed by atoms with Crippen LogP contribution in [0.5, 0.6) is 0 Å². The maximum atomic E-state index is 12.7. The molecule has 0 radical (unpaired) electrons. The lowest BCUT2D eigenvalue weighted by Gasteiger charge is -2.26. The first-order valence-corrected chi connectivity index (χ1v) is 20.8. The molecule has 0 bridgehead atoms. The van der Waals surface area contributed by atoms with E-state index in [1.807, 2.05) is 21.1 Å². The monoisotopic (exact) mass is 726 g/mol. The number of carbonyl (C=O) groups is 3. The third kappa shape index (κ3) is 36.2. The third-order valence-corrected chi connectivity index (χ3v) is 9.01. The van der Waals surface area contributed by atoms with Gasteiger partial charge in [-0.1, -0.05) is 142 Å². The molecule has 0 aliphatic rings. The Balaban J connectivity index is 4.50. The van der Waals surface area contributed by atoms with Crippen molar-refractivity contribution < 1.29 is 42.9 Å². The van der Waals surface area contributed by atoms with Crippen LogP contribution in [0, 0.1) is 0 Å². The van der Waals surface area contributed by atoms with Gasteiger partial charge in [0.1, 0.15) is 13.2 Å². The van der Waals surface area contributed by atoms with Crippen LogP contribution in [0.4, 0.5) is 0 Å². The van der Waals surface area contributed by atoms with Gasteiger partial charge in [-0.3, -0.25) is 9.59 Å². The van der Waals surface area contributed by atoms with E-state index in [-0.39, 0.29) is 32.2 Å². The van der Waals surface area contributed by atoms with Crippen LogP contribution in [0.1, 0.15) is 181 Å². The number of carbonyl (C=O) groups excluding carboxylic acids is 3. The minimum Gasteiger partial charge on any atom is -0.545 e. The highest BCUT2D eigenvalue weighted by Gasteiger charge is 2.21. The molecule has 0 saturated carbocycles. The van der Waals surface area contributed by atoms with Gasteiger partial charge < -0.3 is 33.3 Å². The lowest BCUT2D eigenvalue weighted by atomic mass is 10.0. The molecule has 0 heterocycles. The quantitative estimate of drug-likeness (QED) is 0.0204. The zero-order valence-corrected chi connectivity index (χ0v) is 33.7. The van der Waals surface area contributed by atoms with E-state index < -0.39 is 24.3 Å². The van der Waals surface area contributed by atoms with E-state index in [1.165, 1.54) is 96.3 Å². The van der Waals surface area contributed by atoms with E-state index in [1.54, 1.807) is 0 Å². The third-order valence-electron chi connectivity index (χ3n) is 9.01. The predicted octanol–water partition coefficient (Wildman–Crippen LogP) is 9.00. The number of ether oxygens (including phenoxy) is 4. The second-order valence-electron chi connectivity index (χ2n) is 15.3. The van der Waals surface area contributed by atoms with Crippen LogP contribution in [0.15, 0.2) is 12.2 Å². The van der Waals surface area contributed by atoms with Crippen molar-refractivity contribution in [2.45, 2.75) is 193 Å². The van der Waals surface area contributed by atoms with Gasteiger partial charge in [-0.15, -0.1) is 0 Å². The SMILES string of the molecule is CCCCCCC/C=C\CCCCCCCC(=O)OC(COC(=O)CCCCCCCCCCCCCC)COC(OCC[N+](C)(C)C)C(=O)[O-]. The van der Waals surface area contributed by atoms with Crippen LogP contribution >= 0.6 is 0 Å². The van der Waals surface area contributed by atoms with E-state index in [2.05, 4.69) is 26.0 Å². The summed E-state index contributed by atoms with van der Waals surface area (Å²) in [5.41, 5.74) is 0. The molecule has 0 aromatic carbocycles. The minimum absolute atomic E-state index is 0.149. The topological polar surface area (TPSA) is 111 Å². The molecule has 0 N–H and O–H groups in total. The molecule has 51 heavy (non-hydrogen) atoms. The summed E-state index contributed by atoms with van der Waals surface area (Å²) in [6.45, 7) is 4.71. The molecule has 0 spiro atoms. The Morgan fingerprint density at radius 2 is 1.00 bits per heavy atom. The summed E-state index contributed by atoms with van der Waals surface area (Å²) in [5.74, 6) is -2.29. The van der Waals surface area contributed by atoms with Gasteiger partial charge >= 0.3 is 11.9 Å². The maximum Gasteiger partial charge on any atom is 0.306 e. The number of likely N-dealkylation sites (N-methyl/N-ethyl adjacent to an activating group) is 1. The Morgan fingerprint density at radius 1 is 0.569 bits per heavy atom. The molecule has 0 fully saturated rings. The summed E-state index contributed by atoms with van der Waals surface area (Å²) < 4.78 is 22.5. The van der Waals surface area contributed by atoms with Crippen molar-refractivity contribution in [3.8, 4) is 0 Å². The number of allylic oxidation sites excluding steroid dienone is 2. The first-order chi connectivity index (χ1) is 24.6. The molecule has 0 aliphatic carbocycles. The molecule has 9 heteroatoms. The van der Waals surface area contributed by atoms with Gasteiger partial charge in [-0.25, -0.2) is 0 Å². The summed E-state index contributed by atoms with van der Waals surface area (Å²) in [5, 5.41) is 11.6. The second-order valence-corrected chi connectivity index (χ2v) is 15.3. The molecule has 2 unspecified atom stereocenters. The van der Waals surface area contributed by atoms with Crippen molar-refractivity contribution in [3.63, 3.8) is 0 Å². The fraction of sp³-hybridized carbons (Fsp3) is 0.881. The summed E-state index contributed by atoms with van der Waals surface area (Å²) in [6, 6.07) is 0. The Labute approximate surface area is 313 Å². The molecule has 0 rings (SSSR count). The fourth-order valence-electron chi connectivity index (χ4n) is 5.71. The van der Waals surface area contributed by atoms with Gasteiger partial charge in [0.2, 0.25) is 0 Å². The van der Waals surface area contributed by atoms with Gasteiger partial charge in [0.25, 0.3) is 0 Å². The average Bonchev–Trinajstić information content (AvgIpc) is 3.08. The van der Waals surface area contributed by atoms with Gasteiger partial charge in [-0.05, 0) is 38.5 Å². The van der Waals surface area contributed by atoms with Crippen molar-refractivity contribution in [2.75, 3.05) is 47.5 Å². The summed E-state index contributed by atoms with van der Waals surface area (Å²) in [6.07, 6.45) is 30.9. The zero-order chi connectivity index (χ0) is 37.8. The van der Waals surface area contributed by atoms with E-state index in [0.29, 0.717) is 23.9 Å². The van der Waals surface area contributed by atoms with Crippen molar-refractivity contribution in [1.82, 2.24) is 0 Å². The van der Waals surface area contributed by atoms with E-state index in [4.69, 9.17) is 18.9 Å². The molecule has 0 aromatic heterocycles. The lowest BCUT2D eigenvalue weighted by molar-refractivity contribution is -0.870. The maximum absolute atomic E-state index is 12.7. The molecule has 0 aliphatic heterocycles. The number of nitrogens with zero attached hydrogens (tertiary/aromatic N) is 1. The highest BCUT2D eigenvalue weighted by Crippen LogP contribution is 2.14. The average molecular weight is 726 g/mol. The van der Waals surface area contributed by atoms with E-state index in [9.17, 15) is 19.5 Å².